The van der Waals surface area contributed by atoms with Crippen molar-refractivity contribution in [2.75, 3.05) is 5.73 Å². The molecule has 1 rings (SSSR count). The van der Waals surface area contributed by atoms with E-state index in [0.717, 1.165) is 0 Å². The molecule has 4 N–H and O–H groups in total. The molecule has 0 unspecified atom stereocenters. The molecule has 0 aliphatic carbocycles. The molecule has 0 saturated heterocycles. The Bertz CT molecular complexity index is 388. The van der Waals surface area contributed by atoms with Crippen LogP contribution in [0, 0.1) is 17.5 Å². The third kappa shape index (κ3) is 2.06. The van der Waals surface area contributed by atoms with Crippen molar-refractivity contribution >= 4 is 5.69 Å². The minimum atomic E-state index is -5.05. The average molecular weight is 244 g/mol. The summed E-state index contributed by atoms with van der Waals surface area (Å²) in [6.45, 7) is 0. The number of benzene rings is 1. The first-order valence-electron chi connectivity index (χ1n) is 3.91. The highest BCUT2D eigenvalue weighted by molar-refractivity contribution is 5.51. The molecule has 0 spiro atoms. The topological polar surface area (TPSA) is 52.0 Å². The number of hydrogen-bond donors (Lipinski definition) is 2. The molecule has 1 atom stereocenters. The van der Waals surface area contributed by atoms with Gasteiger partial charge in [0.25, 0.3) is 0 Å². The van der Waals surface area contributed by atoms with E-state index in [4.69, 9.17) is 5.73 Å². The van der Waals surface area contributed by atoms with Gasteiger partial charge in [-0.2, -0.15) is 13.2 Å². The number of hydrogen-bond acceptors (Lipinski definition) is 2. The summed E-state index contributed by atoms with van der Waals surface area (Å²) in [7, 11) is 0. The monoisotopic (exact) mass is 244 g/mol. The van der Waals surface area contributed by atoms with Crippen LogP contribution in [0.1, 0.15) is 11.6 Å². The third-order valence-electron chi connectivity index (χ3n) is 1.91. The zero-order chi connectivity index (χ0) is 12.7. The van der Waals surface area contributed by atoms with Crippen molar-refractivity contribution < 1.29 is 26.3 Å². The van der Waals surface area contributed by atoms with Gasteiger partial charge in [0.2, 0.25) is 0 Å². The van der Waals surface area contributed by atoms with Gasteiger partial charge in [-0.15, -0.1) is 0 Å². The van der Waals surface area contributed by atoms with Crippen LogP contribution < -0.4 is 11.5 Å². The lowest BCUT2D eigenvalue weighted by Gasteiger charge is -2.18. The molecule has 0 amide bonds. The Morgan fingerprint density at radius 2 is 1.56 bits per heavy atom. The van der Waals surface area contributed by atoms with E-state index in [-0.39, 0.29) is 6.07 Å². The van der Waals surface area contributed by atoms with Crippen LogP contribution in [0.2, 0.25) is 0 Å². The third-order valence-corrected chi connectivity index (χ3v) is 1.91. The van der Waals surface area contributed by atoms with Crippen molar-refractivity contribution in [2.45, 2.75) is 12.2 Å². The fourth-order valence-corrected chi connectivity index (χ4v) is 1.10. The van der Waals surface area contributed by atoms with Gasteiger partial charge in [-0.25, -0.2) is 13.2 Å². The van der Waals surface area contributed by atoms with E-state index >= 15 is 0 Å². The molecular formula is C8H6F6N2. The fraction of sp³-hybridized carbons (Fsp3) is 0.250. The van der Waals surface area contributed by atoms with Crippen LogP contribution in [0.15, 0.2) is 6.07 Å². The van der Waals surface area contributed by atoms with Crippen LogP contribution in [-0.2, 0) is 0 Å². The maximum atomic E-state index is 13.0. The molecule has 0 aliphatic heterocycles. The van der Waals surface area contributed by atoms with E-state index in [1.54, 1.807) is 0 Å². The number of rotatable bonds is 1. The quantitative estimate of drug-likeness (QED) is 0.452. The summed E-state index contributed by atoms with van der Waals surface area (Å²) in [6, 6.07) is -2.82. The second kappa shape index (κ2) is 3.85. The van der Waals surface area contributed by atoms with Crippen molar-refractivity contribution in [1.29, 1.82) is 0 Å². The van der Waals surface area contributed by atoms with Crippen LogP contribution in [0.5, 0.6) is 0 Å². The molecular weight excluding hydrogens is 238 g/mol. The van der Waals surface area contributed by atoms with Gasteiger partial charge in [0.05, 0.1) is 5.69 Å². The lowest BCUT2D eigenvalue weighted by molar-refractivity contribution is -0.149. The molecule has 0 aliphatic rings. The Morgan fingerprint density at radius 3 is 2.00 bits per heavy atom. The summed E-state index contributed by atoms with van der Waals surface area (Å²) >= 11 is 0. The maximum Gasteiger partial charge on any atom is 0.407 e. The van der Waals surface area contributed by atoms with Gasteiger partial charge >= 0.3 is 6.18 Å². The normalized spacial score (nSPS) is 13.9. The summed E-state index contributed by atoms with van der Waals surface area (Å²) in [6.07, 6.45) is -5.05. The van der Waals surface area contributed by atoms with Crippen molar-refractivity contribution in [3.8, 4) is 0 Å². The minimum absolute atomic E-state index is 0.0528. The Hall–Kier alpha value is -1.44. The van der Waals surface area contributed by atoms with Crippen LogP contribution in [0.4, 0.5) is 32.0 Å². The van der Waals surface area contributed by atoms with E-state index in [9.17, 15) is 26.3 Å². The summed E-state index contributed by atoms with van der Waals surface area (Å²) in [5.74, 6) is -5.17. The SMILES string of the molecule is Nc1c(F)cc(F)c(F)c1[C@H](N)C(F)(F)F. The molecule has 0 radical (unpaired) electrons. The van der Waals surface area contributed by atoms with Crippen LogP contribution in [-0.4, -0.2) is 6.18 Å². The van der Waals surface area contributed by atoms with E-state index in [1.165, 1.54) is 0 Å². The lowest BCUT2D eigenvalue weighted by Crippen LogP contribution is -2.30. The van der Waals surface area contributed by atoms with E-state index < -0.39 is 40.9 Å². The maximum absolute atomic E-state index is 13.0. The Balaban J connectivity index is 3.44. The van der Waals surface area contributed by atoms with E-state index in [1.807, 2.05) is 0 Å². The highest BCUT2D eigenvalue weighted by Gasteiger charge is 2.41. The van der Waals surface area contributed by atoms with Gasteiger partial charge in [0, 0.05) is 11.6 Å². The van der Waals surface area contributed by atoms with Crippen LogP contribution in [0.3, 0.4) is 0 Å². The molecule has 1 aromatic carbocycles. The molecule has 0 heterocycles. The number of nitrogens with two attached hydrogens (primary N) is 2. The van der Waals surface area contributed by atoms with Crippen molar-refractivity contribution in [3.63, 3.8) is 0 Å². The highest BCUT2D eigenvalue weighted by atomic mass is 19.4. The second-order valence-corrected chi connectivity index (χ2v) is 3.00. The van der Waals surface area contributed by atoms with E-state index in [0.29, 0.717) is 0 Å². The van der Waals surface area contributed by atoms with Gasteiger partial charge in [-0.05, 0) is 0 Å². The first kappa shape index (κ1) is 12.6. The van der Waals surface area contributed by atoms with Crippen molar-refractivity contribution in [3.05, 3.63) is 29.1 Å². The van der Waals surface area contributed by atoms with Gasteiger partial charge in [0.15, 0.2) is 11.6 Å². The zero-order valence-corrected chi connectivity index (χ0v) is 7.58. The summed E-state index contributed by atoms with van der Waals surface area (Å²) in [4.78, 5) is 0. The number of nitrogen functional groups attached to an aromatic ring is 1. The standard InChI is InChI=1S/C8H6F6N2/c9-2-1-3(10)6(15)4(5(2)11)7(16)8(12,13)14/h1,7H,15-16H2/t7-/m0/s1. The van der Waals surface area contributed by atoms with Gasteiger partial charge < -0.3 is 11.5 Å². The van der Waals surface area contributed by atoms with Gasteiger partial charge in [-0.1, -0.05) is 0 Å². The van der Waals surface area contributed by atoms with Gasteiger partial charge in [-0.3, -0.25) is 0 Å². The molecule has 0 fully saturated rings. The molecule has 0 aromatic heterocycles. The van der Waals surface area contributed by atoms with Crippen molar-refractivity contribution in [2.24, 2.45) is 5.73 Å². The van der Waals surface area contributed by atoms with Gasteiger partial charge in [0.1, 0.15) is 11.9 Å². The highest BCUT2D eigenvalue weighted by Crippen LogP contribution is 2.36. The molecule has 16 heavy (non-hydrogen) atoms. The molecule has 0 saturated carbocycles. The van der Waals surface area contributed by atoms with Crippen molar-refractivity contribution in [1.82, 2.24) is 0 Å². The molecule has 1 aromatic rings. The fourth-order valence-electron chi connectivity index (χ4n) is 1.10. The smallest absolute Gasteiger partial charge is 0.396 e. The Kier molecular flexibility index (Phi) is 3.04. The van der Waals surface area contributed by atoms with Crippen LogP contribution >= 0.6 is 0 Å². The Labute approximate surface area is 85.8 Å². The number of anilines is 1. The molecule has 2 nitrogen and oxygen atoms in total. The molecule has 8 heteroatoms. The summed E-state index contributed by atoms with van der Waals surface area (Å²) in [5.41, 5.74) is 6.95. The number of alkyl halides is 3. The predicted molar refractivity (Wildman–Crippen MR) is 43.7 cm³/mol. The minimum Gasteiger partial charge on any atom is -0.396 e. The number of halogens is 6. The Morgan fingerprint density at radius 1 is 1.06 bits per heavy atom. The lowest BCUT2D eigenvalue weighted by atomic mass is 10.0. The molecule has 0 bridgehead atoms. The first-order valence-corrected chi connectivity index (χ1v) is 3.91. The first-order chi connectivity index (χ1) is 7.16. The largest absolute Gasteiger partial charge is 0.407 e. The average Bonchev–Trinajstić information content (AvgIpc) is 2.13. The predicted octanol–water partition coefficient (Wildman–Crippen LogP) is 2.25. The summed E-state index contributed by atoms with van der Waals surface area (Å²) < 4.78 is 75.0. The summed E-state index contributed by atoms with van der Waals surface area (Å²) in [5, 5.41) is 0. The van der Waals surface area contributed by atoms with E-state index in [2.05, 4.69) is 5.73 Å². The molecule has 90 valence electrons. The van der Waals surface area contributed by atoms with Crippen LogP contribution in [0.25, 0.3) is 0 Å². The second-order valence-electron chi connectivity index (χ2n) is 3.00. The zero-order valence-electron chi connectivity index (χ0n) is 7.58.